The van der Waals surface area contributed by atoms with E-state index < -0.39 is 5.82 Å². The van der Waals surface area contributed by atoms with Crippen molar-refractivity contribution < 1.29 is 9.13 Å². The largest absolute Gasteiger partial charge is 0.456 e. The fourth-order valence-corrected chi connectivity index (χ4v) is 1.84. The van der Waals surface area contributed by atoms with Crippen LogP contribution in [0.5, 0.6) is 11.5 Å². The Balaban J connectivity index is 2.22. The third-order valence-corrected chi connectivity index (χ3v) is 2.78. The summed E-state index contributed by atoms with van der Waals surface area (Å²) in [5.41, 5.74) is 1.16. The third-order valence-electron chi connectivity index (χ3n) is 2.78. The van der Waals surface area contributed by atoms with Crippen LogP contribution in [0.1, 0.15) is 24.5 Å². The van der Waals surface area contributed by atoms with Gasteiger partial charge in [0.05, 0.1) is 0 Å². The summed E-state index contributed by atoms with van der Waals surface area (Å²) in [6.45, 7) is 2.12. The number of nitrogens with zero attached hydrogens (tertiary/aromatic N) is 1. The Morgan fingerprint density at radius 2 is 1.89 bits per heavy atom. The van der Waals surface area contributed by atoms with E-state index in [-0.39, 0.29) is 11.3 Å². The van der Waals surface area contributed by atoms with Crippen molar-refractivity contribution in [3.8, 4) is 17.6 Å². The molecule has 0 N–H and O–H groups in total. The molecule has 0 aliphatic rings. The molecule has 2 aromatic rings. The van der Waals surface area contributed by atoms with Crippen LogP contribution in [-0.2, 0) is 6.42 Å². The molecule has 0 spiro atoms. The van der Waals surface area contributed by atoms with Crippen LogP contribution in [-0.4, -0.2) is 0 Å². The maximum Gasteiger partial charge on any atom is 0.148 e. The monoisotopic (exact) mass is 255 g/mol. The third kappa shape index (κ3) is 3.11. The van der Waals surface area contributed by atoms with Crippen molar-refractivity contribution in [2.45, 2.75) is 19.8 Å². The molecule has 2 rings (SSSR count). The molecule has 0 bridgehead atoms. The first-order valence-electron chi connectivity index (χ1n) is 6.20. The van der Waals surface area contributed by atoms with E-state index in [1.165, 1.54) is 17.7 Å². The molecule has 2 aromatic carbocycles. The van der Waals surface area contributed by atoms with Gasteiger partial charge in [0.2, 0.25) is 0 Å². The molecule has 96 valence electrons. The minimum atomic E-state index is -0.567. The Bertz CT molecular complexity index is 599. The van der Waals surface area contributed by atoms with Gasteiger partial charge in [0.25, 0.3) is 0 Å². The summed E-state index contributed by atoms with van der Waals surface area (Å²) < 4.78 is 19.0. The fraction of sp³-hybridized carbons (Fsp3) is 0.188. The Hall–Kier alpha value is -2.34. The Labute approximate surface area is 112 Å². The predicted octanol–water partition coefficient (Wildman–Crippen LogP) is 4.44. The molecule has 0 aliphatic carbocycles. The zero-order valence-electron chi connectivity index (χ0n) is 10.7. The molecule has 0 saturated heterocycles. The smallest absolute Gasteiger partial charge is 0.148 e. The molecular formula is C16H14FNO. The lowest BCUT2D eigenvalue weighted by atomic mass is 10.1. The molecule has 2 nitrogen and oxygen atoms in total. The lowest BCUT2D eigenvalue weighted by molar-refractivity contribution is 0.474. The molecule has 3 heteroatoms. The summed E-state index contributed by atoms with van der Waals surface area (Å²) in [7, 11) is 0. The second-order valence-corrected chi connectivity index (χ2v) is 4.22. The van der Waals surface area contributed by atoms with Gasteiger partial charge in [-0.2, -0.15) is 5.26 Å². The van der Waals surface area contributed by atoms with E-state index in [9.17, 15) is 4.39 Å². The second kappa shape index (κ2) is 6.01. The van der Waals surface area contributed by atoms with Gasteiger partial charge in [-0.3, -0.25) is 0 Å². The fourth-order valence-electron chi connectivity index (χ4n) is 1.84. The summed E-state index contributed by atoms with van der Waals surface area (Å²) in [6, 6.07) is 13.8. The van der Waals surface area contributed by atoms with Crippen molar-refractivity contribution in [1.82, 2.24) is 0 Å². The summed E-state index contributed by atoms with van der Waals surface area (Å²) in [5.74, 6) is 0.273. The van der Waals surface area contributed by atoms with Crippen molar-refractivity contribution in [2.75, 3.05) is 0 Å². The number of hydrogen-bond donors (Lipinski definition) is 0. The van der Waals surface area contributed by atoms with Crippen molar-refractivity contribution in [1.29, 1.82) is 5.26 Å². The normalized spacial score (nSPS) is 9.95. The van der Waals surface area contributed by atoms with E-state index in [4.69, 9.17) is 10.00 Å². The van der Waals surface area contributed by atoms with Crippen molar-refractivity contribution in [3.05, 3.63) is 59.4 Å². The van der Waals surface area contributed by atoms with E-state index in [1.54, 1.807) is 6.07 Å². The standard InChI is InChI=1S/C16H14FNO/c1-2-4-12-7-9-13(10-8-12)19-16-6-3-5-15(17)14(16)11-18/h3,5-10H,2,4H2,1H3. The Morgan fingerprint density at radius 1 is 1.16 bits per heavy atom. The molecule has 0 atom stereocenters. The van der Waals surface area contributed by atoms with Crippen molar-refractivity contribution in [3.63, 3.8) is 0 Å². The van der Waals surface area contributed by atoms with Gasteiger partial charge in [0.1, 0.15) is 28.9 Å². The quantitative estimate of drug-likeness (QED) is 0.809. The number of benzene rings is 2. The molecule has 0 fully saturated rings. The van der Waals surface area contributed by atoms with Gasteiger partial charge >= 0.3 is 0 Å². The molecule has 0 radical (unpaired) electrons. The van der Waals surface area contributed by atoms with Crippen LogP contribution in [0.3, 0.4) is 0 Å². The zero-order valence-corrected chi connectivity index (χ0v) is 10.7. The van der Waals surface area contributed by atoms with Crippen LogP contribution in [0.25, 0.3) is 0 Å². The van der Waals surface area contributed by atoms with E-state index in [2.05, 4.69) is 6.92 Å². The van der Waals surface area contributed by atoms with Gasteiger partial charge in [-0.1, -0.05) is 31.5 Å². The minimum Gasteiger partial charge on any atom is -0.456 e. The van der Waals surface area contributed by atoms with Crippen LogP contribution in [0.4, 0.5) is 4.39 Å². The van der Waals surface area contributed by atoms with Gasteiger partial charge in [-0.25, -0.2) is 4.39 Å². The van der Waals surface area contributed by atoms with E-state index in [0.717, 1.165) is 12.8 Å². The highest BCUT2D eigenvalue weighted by atomic mass is 19.1. The maximum atomic E-state index is 13.4. The summed E-state index contributed by atoms with van der Waals surface area (Å²) >= 11 is 0. The van der Waals surface area contributed by atoms with Crippen molar-refractivity contribution in [2.24, 2.45) is 0 Å². The highest BCUT2D eigenvalue weighted by Crippen LogP contribution is 2.26. The van der Waals surface area contributed by atoms with Gasteiger partial charge in [0.15, 0.2) is 0 Å². The lowest BCUT2D eigenvalue weighted by Gasteiger charge is -2.08. The van der Waals surface area contributed by atoms with Crippen molar-refractivity contribution >= 4 is 0 Å². The van der Waals surface area contributed by atoms with Gasteiger partial charge < -0.3 is 4.74 Å². The minimum absolute atomic E-state index is 0.0693. The number of aryl methyl sites for hydroxylation is 1. The van der Waals surface area contributed by atoms with E-state index in [0.29, 0.717) is 5.75 Å². The summed E-state index contributed by atoms with van der Waals surface area (Å²) in [6.07, 6.45) is 2.10. The highest BCUT2D eigenvalue weighted by molar-refractivity contribution is 5.46. The lowest BCUT2D eigenvalue weighted by Crippen LogP contribution is -1.92. The zero-order chi connectivity index (χ0) is 13.7. The molecule has 0 aliphatic heterocycles. The van der Waals surface area contributed by atoms with Gasteiger partial charge in [0, 0.05) is 0 Å². The van der Waals surface area contributed by atoms with Crippen LogP contribution in [0.2, 0.25) is 0 Å². The predicted molar refractivity (Wildman–Crippen MR) is 71.6 cm³/mol. The first kappa shape index (κ1) is 13.1. The molecule has 19 heavy (non-hydrogen) atoms. The SMILES string of the molecule is CCCc1ccc(Oc2cccc(F)c2C#N)cc1. The summed E-state index contributed by atoms with van der Waals surface area (Å²) in [5, 5.41) is 8.92. The topological polar surface area (TPSA) is 33.0 Å². The number of halogens is 1. The van der Waals surface area contributed by atoms with E-state index >= 15 is 0 Å². The number of hydrogen-bond acceptors (Lipinski definition) is 2. The first-order valence-corrected chi connectivity index (χ1v) is 6.20. The molecule has 0 amide bonds. The first-order chi connectivity index (χ1) is 9.24. The Morgan fingerprint density at radius 3 is 2.53 bits per heavy atom. The highest BCUT2D eigenvalue weighted by Gasteiger charge is 2.09. The van der Waals surface area contributed by atoms with Crippen LogP contribution >= 0.6 is 0 Å². The van der Waals surface area contributed by atoms with Gasteiger partial charge in [-0.05, 0) is 36.2 Å². The van der Waals surface area contributed by atoms with Crippen LogP contribution in [0.15, 0.2) is 42.5 Å². The van der Waals surface area contributed by atoms with E-state index in [1.807, 2.05) is 30.3 Å². The molecule has 0 saturated carbocycles. The van der Waals surface area contributed by atoms with Crippen LogP contribution in [0, 0.1) is 17.1 Å². The van der Waals surface area contributed by atoms with Gasteiger partial charge in [-0.15, -0.1) is 0 Å². The molecule has 0 unspecified atom stereocenters. The molecule has 0 aromatic heterocycles. The average molecular weight is 255 g/mol. The number of rotatable bonds is 4. The Kier molecular flexibility index (Phi) is 4.15. The summed E-state index contributed by atoms with van der Waals surface area (Å²) in [4.78, 5) is 0. The van der Waals surface area contributed by atoms with Crippen LogP contribution < -0.4 is 4.74 Å². The second-order valence-electron chi connectivity index (χ2n) is 4.22. The maximum absolute atomic E-state index is 13.4. The molecule has 0 heterocycles. The number of nitriles is 1. The molecular weight excluding hydrogens is 241 g/mol. The average Bonchev–Trinajstić information content (AvgIpc) is 2.42. The number of ether oxygens (including phenoxy) is 1.